The van der Waals surface area contributed by atoms with Crippen molar-refractivity contribution in [1.82, 2.24) is 0 Å². The predicted octanol–water partition coefficient (Wildman–Crippen LogP) is 2.70. The smallest absolute Gasteiger partial charge is 0.320 e. The van der Waals surface area contributed by atoms with Gasteiger partial charge in [0.2, 0.25) is 0 Å². The van der Waals surface area contributed by atoms with Gasteiger partial charge in [0, 0.05) is 16.7 Å². The van der Waals surface area contributed by atoms with E-state index >= 15 is 0 Å². The highest BCUT2D eigenvalue weighted by Gasteiger charge is 2.41. The molecule has 0 amide bonds. The van der Waals surface area contributed by atoms with E-state index in [9.17, 15) is 14.7 Å². The molecular weight excluding hydrogens is 230 g/mol. The largest absolute Gasteiger partial charge is 0.480 e. The van der Waals surface area contributed by atoms with Crippen molar-refractivity contribution in [3.05, 3.63) is 29.8 Å². The molecule has 1 aromatic rings. The third-order valence-electron chi connectivity index (χ3n) is 2.96. The van der Waals surface area contributed by atoms with E-state index < -0.39 is 17.3 Å². The molecule has 18 heavy (non-hydrogen) atoms. The van der Waals surface area contributed by atoms with Crippen LogP contribution in [0.3, 0.4) is 0 Å². The molecule has 4 heteroatoms. The second-order valence-electron chi connectivity index (χ2n) is 5.40. The summed E-state index contributed by atoms with van der Waals surface area (Å²) in [5.41, 5.74) is 0.910. The molecule has 4 nitrogen and oxygen atoms in total. The average molecular weight is 245 g/mol. The van der Waals surface area contributed by atoms with Crippen LogP contribution < -0.4 is 0 Å². The summed E-state index contributed by atoms with van der Waals surface area (Å²) in [6, 6.07) is 6.86. The Balaban J connectivity index is 2.66. The van der Waals surface area contributed by atoms with Crippen molar-refractivity contribution in [2.75, 3.05) is 0 Å². The number of aliphatic imine (C=N–C) groups is 1. The van der Waals surface area contributed by atoms with Crippen molar-refractivity contribution in [3.8, 4) is 0 Å². The molecule has 0 radical (unpaired) electrons. The Morgan fingerprint density at radius 3 is 2.44 bits per heavy atom. The van der Waals surface area contributed by atoms with Crippen LogP contribution in [-0.2, 0) is 4.79 Å². The van der Waals surface area contributed by atoms with Gasteiger partial charge in [0.15, 0.2) is 11.7 Å². The van der Waals surface area contributed by atoms with Gasteiger partial charge in [-0.1, -0.05) is 32.9 Å². The summed E-state index contributed by atoms with van der Waals surface area (Å²) in [6.07, 6.45) is 0. The third-order valence-corrected chi connectivity index (χ3v) is 2.96. The number of para-hydroxylation sites is 1. The zero-order valence-electron chi connectivity index (χ0n) is 10.6. The lowest BCUT2D eigenvalue weighted by Gasteiger charge is -2.29. The number of hydrogen-bond donors (Lipinski definition) is 1. The van der Waals surface area contributed by atoms with E-state index in [4.69, 9.17) is 0 Å². The second kappa shape index (κ2) is 4.05. The number of rotatable bonds is 1. The number of aliphatic carboxylic acids is 1. The minimum absolute atomic E-state index is 0.377. The van der Waals surface area contributed by atoms with Gasteiger partial charge < -0.3 is 5.11 Å². The molecule has 1 N–H and O–H groups in total. The number of carboxylic acid groups (broad SMARTS) is 1. The number of carbonyl (C=O) groups excluding carboxylic acids is 1. The summed E-state index contributed by atoms with van der Waals surface area (Å²) >= 11 is 0. The van der Waals surface area contributed by atoms with Crippen molar-refractivity contribution in [2.24, 2.45) is 16.3 Å². The number of nitrogens with zero attached hydrogens (tertiary/aromatic N) is 1. The fraction of sp³-hybridized carbons (Fsp3) is 0.357. The highest BCUT2D eigenvalue weighted by molar-refractivity contribution is 6.28. The molecule has 0 saturated heterocycles. The van der Waals surface area contributed by atoms with E-state index in [0.717, 1.165) is 0 Å². The molecular formula is C14H15NO3. The number of ketones is 1. The minimum Gasteiger partial charge on any atom is -0.480 e. The molecule has 1 heterocycles. The van der Waals surface area contributed by atoms with Crippen LogP contribution in [0.4, 0.5) is 5.69 Å². The number of fused-ring (bicyclic) bond motifs is 1. The molecule has 0 spiro atoms. The van der Waals surface area contributed by atoms with Gasteiger partial charge in [-0.25, -0.2) is 0 Å². The topological polar surface area (TPSA) is 66.7 Å². The predicted molar refractivity (Wildman–Crippen MR) is 68.4 cm³/mol. The van der Waals surface area contributed by atoms with Crippen LogP contribution in [0.25, 0.3) is 0 Å². The average Bonchev–Trinajstić information content (AvgIpc) is 2.27. The highest BCUT2D eigenvalue weighted by atomic mass is 16.4. The quantitative estimate of drug-likeness (QED) is 0.773. The zero-order valence-corrected chi connectivity index (χ0v) is 10.6. The summed E-state index contributed by atoms with van der Waals surface area (Å²) in [5, 5.41) is 9.27. The lowest BCUT2D eigenvalue weighted by molar-refractivity contribution is -0.138. The first-order valence-corrected chi connectivity index (χ1v) is 5.77. The van der Waals surface area contributed by atoms with Gasteiger partial charge >= 0.3 is 5.97 Å². The minimum atomic E-state index is -1.17. The van der Waals surface area contributed by atoms with E-state index in [2.05, 4.69) is 4.99 Å². The number of hydrogen-bond acceptors (Lipinski definition) is 3. The van der Waals surface area contributed by atoms with Crippen LogP contribution in [-0.4, -0.2) is 22.6 Å². The maximum atomic E-state index is 12.3. The molecule has 0 bridgehead atoms. The lowest BCUT2D eigenvalue weighted by Crippen LogP contribution is -2.40. The summed E-state index contributed by atoms with van der Waals surface area (Å²) in [7, 11) is 0. The second-order valence-corrected chi connectivity index (χ2v) is 5.40. The standard InChI is InChI=1S/C14H15NO3/c1-14(2,3)12-10(13(17)18)11(16)8-6-4-5-7-9(8)15-12/h4-7,10H,1-3H3,(H,17,18). The Hall–Kier alpha value is -1.97. The zero-order chi connectivity index (χ0) is 13.5. The number of benzene rings is 1. The van der Waals surface area contributed by atoms with E-state index in [1.54, 1.807) is 24.3 Å². The van der Waals surface area contributed by atoms with Crippen molar-refractivity contribution in [3.63, 3.8) is 0 Å². The molecule has 0 fully saturated rings. The van der Waals surface area contributed by atoms with Crippen molar-refractivity contribution < 1.29 is 14.7 Å². The van der Waals surface area contributed by atoms with Gasteiger partial charge in [-0.05, 0) is 12.1 Å². The molecule has 0 aliphatic carbocycles. The van der Waals surface area contributed by atoms with Crippen LogP contribution in [0.1, 0.15) is 31.1 Å². The maximum Gasteiger partial charge on any atom is 0.320 e. The summed E-state index contributed by atoms with van der Waals surface area (Å²) in [4.78, 5) is 28.0. The Bertz CT molecular complexity index is 552. The lowest BCUT2D eigenvalue weighted by atomic mass is 9.77. The van der Waals surface area contributed by atoms with Gasteiger partial charge in [-0.3, -0.25) is 14.6 Å². The van der Waals surface area contributed by atoms with Crippen LogP contribution >= 0.6 is 0 Å². The third kappa shape index (κ3) is 1.94. The SMILES string of the molecule is CC(C)(C)C1=Nc2ccccc2C(=O)C1C(=O)O. The molecule has 2 rings (SSSR count). The summed E-state index contributed by atoms with van der Waals surface area (Å²) < 4.78 is 0. The fourth-order valence-electron chi connectivity index (χ4n) is 2.08. The van der Waals surface area contributed by atoms with Crippen molar-refractivity contribution in [2.45, 2.75) is 20.8 Å². The van der Waals surface area contributed by atoms with Crippen LogP contribution in [0.5, 0.6) is 0 Å². The van der Waals surface area contributed by atoms with Gasteiger partial charge in [0.1, 0.15) is 0 Å². The number of Topliss-reactive ketones (excluding diaryl/α,β-unsaturated/α-hetero) is 1. The first-order valence-electron chi connectivity index (χ1n) is 5.77. The molecule has 1 atom stereocenters. The van der Waals surface area contributed by atoms with Crippen LogP contribution in [0.2, 0.25) is 0 Å². The Labute approximate surface area is 105 Å². The fourth-order valence-corrected chi connectivity index (χ4v) is 2.08. The van der Waals surface area contributed by atoms with Crippen LogP contribution in [0, 0.1) is 11.3 Å². The molecule has 1 aromatic carbocycles. The van der Waals surface area contributed by atoms with Crippen LogP contribution in [0.15, 0.2) is 29.3 Å². The molecule has 1 aliphatic heterocycles. The van der Waals surface area contributed by atoms with Gasteiger partial charge in [-0.15, -0.1) is 0 Å². The molecule has 0 saturated carbocycles. The van der Waals surface area contributed by atoms with Crippen molar-refractivity contribution in [1.29, 1.82) is 0 Å². The first kappa shape index (κ1) is 12.5. The molecule has 94 valence electrons. The van der Waals surface area contributed by atoms with E-state index in [1.165, 1.54) is 0 Å². The number of carbonyl (C=O) groups is 2. The van der Waals surface area contributed by atoms with E-state index in [-0.39, 0.29) is 5.78 Å². The Kier molecular flexibility index (Phi) is 2.81. The summed E-state index contributed by atoms with van der Waals surface area (Å²) in [6.45, 7) is 5.59. The maximum absolute atomic E-state index is 12.3. The van der Waals surface area contributed by atoms with E-state index in [0.29, 0.717) is 17.0 Å². The monoisotopic (exact) mass is 245 g/mol. The molecule has 1 aliphatic rings. The normalized spacial score (nSPS) is 19.2. The van der Waals surface area contributed by atoms with Crippen molar-refractivity contribution >= 4 is 23.2 Å². The van der Waals surface area contributed by atoms with Gasteiger partial charge in [0.05, 0.1) is 5.69 Å². The van der Waals surface area contributed by atoms with Gasteiger partial charge in [0.25, 0.3) is 0 Å². The first-order chi connectivity index (χ1) is 8.32. The number of carboxylic acids is 1. The molecule has 1 unspecified atom stereocenters. The molecule has 0 aromatic heterocycles. The van der Waals surface area contributed by atoms with Gasteiger partial charge in [-0.2, -0.15) is 0 Å². The Morgan fingerprint density at radius 1 is 1.28 bits per heavy atom. The highest BCUT2D eigenvalue weighted by Crippen LogP contribution is 2.34. The summed E-state index contributed by atoms with van der Waals surface area (Å²) in [5.74, 6) is -2.68. The van der Waals surface area contributed by atoms with E-state index in [1.807, 2.05) is 20.8 Å². The Morgan fingerprint density at radius 2 is 1.89 bits per heavy atom.